The van der Waals surface area contributed by atoms with Gasteiger partial charge in [0.2, 0.25) is 0 Å². The van der Waals surface area contributed by atoms with Gasteiger partial charge in [0.15, 0.2) is 10.6 Å². The second-order valence-electron chi connectivity index (χ2n) is 4.85. The van der Waals surface area contributed by atoms with Crippen LogP contribution >= 0.6 is 12.2 Å². The summed E-state index contributed by atoms with van der Waals surface area (Å²) in [6.45, 7) is 6.43. The van der Waals surface area contributed by atoms with E-state index < -0.39 is 0 Å². The molecule has 0 saturated carbocycles. The van der Waals surface area contributed by atoms with E-state index in [0.717, 1.165) is 13.1 Å². The zero-order chi connectivity index (χ0) is 13.3. The third kappa shape index (κ3) is 2.80. The van der Waals surface area contributed by atoms with Crippen LogP contribution in [0.5, 0.6) is 0 Å². The lowest BCUT2D eigenvalue weighted by Crippen LogP contribution is -2.46. The van der Waals surface area contributed by atoms with Gasteiger partial charge in [0.25, 0.3) is 0 Å². The molecule has 2 rings (SSSR count). The Labute approximate surface area is 112 Å². The molecule has 1 N–H and O–H groups in total. The highest BCUT2D eigenvalue weighted by Gasteiger charge is 2.23. The summed E-state index contributed by atoms with van der Waals surface area (Å²) in [5.74, 6) is 0.592. The molecule has 7 heteroatoms. The summed E-state index contributed by atoms with van der Waals surface area (Å²) in [7, 11) is 1.82. The van der Waals surface area contributed by atoms with Crippen LogP contribution < -0.4 is 0 Å². The molecule has 6 nitrogen and oxygen atoms in total. The molecule has 1 aromatic heterocycles. The summed E-state index contributed by atoms with van der Waals surface area (Å²) in [5, 5.41) is 13.5. The monoisotopic (exact) mass is 272 g/mol. The average molecular weight is 272 g/mol. The maximum Gasteiger partial charge on any atom is 0.198 e. The number of rotatable bonds is 3. The van der Waals surface area contributed by atoms with Gasteiger partial charge in [-0.15, -0.1) is 0 Å². The van der Waals surface area contributed by atoms with Crippen LogP contribution in [0.15, 0.2) is 0 Å². The van der Waals surface area contributed by atoms with E-state index in [1.54, 1.807) is 9.25 Å². The van der Waals surface area contributed by atoms with Crippen molar-refractivity contribution in [1.82, 2.24) is 19.2 Å². The average Bonchev–Trinajstić information content (AvgIpc) is 2.55. The lowest BCUT2D eigenvalue weighted by atomic mass is 10.2. The first kappa shape index (κ1) is 13.7. The Morgan fingerprint density at radius 2 is 2.00 bits per heavy atom. The van der Waals surface area contributed by atoms with E-state index in [2.05, 4.69) is 23.8 Å². The van der Waals surface area contributed by atoms with Gasteiger partial charge < -0.3 is 14.4 Å². The third-order valence-electron chi connectivity index (χ3n) is 3.10. The van der Waals surface area contributed by atoms with Crippen LogP contribution in [0.25, 0.3) is 0 Å². The predicted octanol–water partition coefficient (Wildman–Crippen LogP) is 0.510. The van der Waals surface area contributed by atoms with Crippen LogP contribution in [0, 0.1) is 4.77 Å². The van der Waals surface area contributed by atoms with Crippen molar-refractivity contribution in [2.24, 2.45) is 7.05 Å². The van der Waals surface area contributed by atoms with Crippen LogP contribution in [0.3, 0.4) is 0 Å². The summed E-state index contributed by atoms with van der Waals surface area (Å²) in [6.07, 6.45) is 0.452. The van der Waals surface area contributed by atoms with Crippen LogP contribution in [0.1, 0.15) is 19.7 Å². The SMILES string of the molecule is CC1CN(Cn2nc(CO)n(C)c2=S)CC(C)O1. The molecule has 102 valence electrons. The molecular formula is C11H20N4O2S. The van der Waals surface area contributed by atoms with Crippen molar-refractivity contribution in [3.8, 4) is 0 Å². The van der Waals surface area contributed by atoms with Gasteiger partial charge in [-0.25, -0.2) is 4.68 Å². The number of hydrogen-bond donors (Lipinski definition) is 1. The zero-order valence-corrected chi connectivity index (χ0v) is 11.9. The second kappa shape index (κ2) is 5.48. The molecule has 0 bridgehead atoms. The molecule has 0 radical (unpaired) electrons. The van der Waals surface area contributed by atoms with Gasteiger partial charge >= 0.3 is 0 Å². The number of ether oxygens (including phenoxy) is 1. The normalized spacial score (nSPS) is 25.6. The van der Waals surface area contributed by atoms with E-state index in [1.807, 2.05) is 7.05 Å². The molecule has 18 heavy (non-hydrogen) atoms. The predicted molar refractivity (Wildman–Crippen MR) is 69.5 cm³/mol. The minimum absolute atomic E-state index is 0.0942. The fourth-order valence-electron chi connectivity index (χ4n) is 2.35. The summed E-state index contributed by atoms with van der Waals surface area (Å²) in [6, 6.07) is 0. The number of aromatic nitrogens is 3. The molecule has 1 saturated heterocycles. The fraction of sp³-hybridized carbons (Fsp3) is 0.818. The molecule has 1 aliphatic rings. The molecule has 2 heterocycles. The largest absolute Gasteiger partial charge is 0.388 e. The lowest BCUT2D eigenvalue weighted by Gasteiger charge is -2.34. The highest BCUT2D eigenvalue weighted by atomic mass is 32.1. The van der Waals surface area contributed by atoms with Crippen LogP contribution in [-0.2, 0) is 25.1 Å². The Bertz CT molecular complexity index is 460. The summed E-state index contributed by atoms with van der Waals surface area (Å²) in [4.78, 5) is 2.27. The standard InChI is InChI=1S/C11H20N4O2S/c1-8-4-14(5-9(2)17-8)7-15-11(18)13(3)10(6-16)12-15/h8-9,16H,4-7H2,1-3H3. The number of morpholine rings is 1. The van der Waals surface area contributed by atoms with E-state index in [9.17, 15) is 0 Å². The number of hydrogen-bond acceptors (Lipinski definition) is 5. The Balaban J connectivity index is 2.12. The van der Waals surface area contributed by atoms with Crippen molar-refractivity contribution in [2.75, 3.05) is 13.1 Å². The first-order valence-corrected chi connectivity index (χ1v) is 6.53. The Morgan fingerprint density at radius 3 is 2.50 bits per heavy atom. The van der Waals surface area contributed by atoms with Crippen molar-refractivity contribution >= 4 is 12.2 Å². The number of nitrogens with zero attached hydrogens (tertiary/aromatic N) is 4. The van der Waals surface area contributed by atoms with Crippen molar-refractivity contribution in [3.63, 3.8) is 0 Å². The Morgan fingerprint density at radius 1 is 1.39 bits per heavy atom. The maximum absolute atomic E-state index is 9.17. The van der Waals surface area contributed by atoms with Gasteiger partial charge in [-0.3, -0.25) is 4.90 Å². The Hall–Kier alpha value is -0.760. The van der Waals surface area contributed by atoms with Crippen LogP contribution in [0.4, 0.5) is 0 Å². The van der Waals surface area contributed by atoms with Gasteiger partial charge in [0.1, 0.15) is 6.61 Å². The van der Waals surface area contributed by atoms with Crippen LogP contribution in [-0.4, -0.2) is 49.7 Å². The van der Waals surface area contributed by atoms with Gasteiger partial charge in [0, 0.05) is 20.1 Å². The molecule has 1 aliphatic heterocycles. The van der Waals surface area contributed by atoms with Crippen molar-refractivity contribution in [2.45, 2.75) is 39.3 Å². The minimum atomic E-state index is -0.0942. The topological polar surface area (TPSA) is 55.5 Å². The summed E-state index contributed by atoms with van der Waals surface area (Å²) >= 11 is 5.30. The summed E-state index contributed by atoms with van der Waals surface area (Å²) in [5.41, 5.74) is 0. The molecule has 0 aliphatic carbocycles. The summed E-state index contributed by atoms with van der Waals surface area (Å²) < 4.78 is 9.82. The van der Waals surface area contributed by atoms with Gasteiger partial charge in [-0.2, -0.15) is 5.10 Å². The smallest absolute Gasteiger partial charge is 0.198 e. The van der Waals surface area contributed by atoms with Crippen molar-refractivity contribution < 1.29 is 9.84 Å². The van der Waals surface area contributed by atoms with E-state index in [0.29, 0.717) is 17.3 Å². The van der Waals surface area contributed by atoms with E-state index in [1.165, 1.54) is 0 Å². The molecule has 2 unspecified atom stereocenters. The van der Waals surface area contributed by atoms with Crippen LogP contribution in [0.2, 0.25) is 0 Å². The van der Waals surface area contributed by atoms with E-state index in [-0.39, 0.29) is 18.8 Å². The lowest BCUT2D eigenvalue weighted by molar-refractivity contribution is -0.0777. The maximum atomic E-state index is 9.17. The first-order valence-electron chi connectivity index (χ1n) is 6.12. The van der Waals surface area contributed by atoms with Gasteiger partial charge in [0.05, 0.1) is 18.9 Å². The van der Waals surface area contributed by atoms with E-state index in [4.69, 9.17) is 22.1 Å². The molecule has 0 spiro atoms. The molecule has 0 amide bonds. The quantitative estimate of drug-likeness (QED) is 0.813. The van der Waals surface area contributed by atoms with E-state index >= 15 is 0 Å². The molecule has 1 fully saturated rings. The van der Waals surface area contributed by atoms with Crippen molar-refractivity contribution in [1.29, 1.82) is 0 Å². The van der Waals surface area contributed by atoms with Gasteiger partial charge in [-0.05, 0) is 26.1 Å². The second-order valence-corrected chi connectivity index (χ2v) is 5.22. The number of aliphatic hydroxyl groups excluding tert-OH is 1. The number of aliphatic hydroxyl groups is 1. The third-order valence-corrected chi connectivity index (χ3v) is 3.59. The molecule has 1 aromatic rings. The first-order chi connectivity index (χ1) is 8.51. The zero-order valence-electron chi connectivity index (χ0n) is 11.0. The fourth-order valence-corrected chi connectivity index (χ4v) is 2.56. The van der Waals surface area contributed by atoms with Crippen molar-refractivity contribution in [3.05, 3.63) is 10.6 Å². The highest BCUT2D eigenvalue weighted by Crippen LogP contribution is 2.11. The highest BCUT2D eigenvalue weighted by molar-refractivity contribution is 7.71. The Kier molecular flexibility index (Phi) is 4.16. The minimum Gasteiger partial charge on any atom is -0.388 e. The molecule has 2 atom stereocenters. The van der Waals surface area contributed by atoms with Gasteiger partial charge in [-0.1, -0.05) is 0 Å². The molecule has 0 aromatic carbocycles. The molecular weight excluding hydrogens is 252 g/mol.